The van der Waals surface area contributed by atoms with Gasteiger partial charge in [0.25, 0.3) is 6.43 Å². The first kappa shape index (κ1) is 17.8. The highest BCUT2D eigenvalue weighted by Gasteiger charge is 2.19. The standard InChI is InChI=1S/C18H18F2N6/c1-25(2)5-6-26-18-14(10-23-26)13(17(19)20)8-16(24-18)11-3-4-15(22)12(7-11)9-21/h3-4,7-8,10,17H,5-6,22H2,1-2H3. The minimum absolute atomic E-state index is 0.128. The molecule has 2 aromatic heterocycles. The van der Waals surface area contributed by atoms with Gasteiger partial charge in [-0.3, -0.25) is 0 Å². The van der Waals surface area contributed by atoms with Crippen LogP contribution in [0.15, 0.2) is 30.5 Å². The first-order valence-corrected chi connectivity index (χ1v) is 8.00. The molecule has 0 spiro atoms. The number of benzene rings is 1. The van der Waals surface area contributed by atoms with Gasteiger partial charge in [0.2, 0.25) is 0 Å². The highest BCUT2D eigenvalue weighted by atomic mass is 19.3. The third-order valence-electron chi connectivity index (χ3n) is 4.10. The summed E-state index contributed by atoms with van der Waals surface area (Å²) in [5.41, 5.74) is 7.54. The minimum Gasteiger partial charge on any atom is -0.398 e. The normalized spacial score (nSPS) is 11.4. The van der Waals surface area contributed by atoms with Crippen molar-refractivity contribution in [2.75, 3.05) is 26.4 Å². The Hall–Kier alpha value is -3.05. The molecule has 134 valence electrons. The average Bonchev–Trinajstić information content (AvgIpc) is 3.02. The summed E-state index contributed by atoms with van der Waals surface area (Å²) in [5, 5.41) is 13.7. The Morgan fingerprint density at radius 3 is 2.73 bits per heavy atom. The Balaban J connectivity index is 2.17. The summed E-state index contributed by atoms with van der Waals surface area (Å²) in [6, 6.07) is 8.14. The maximum Gasteiger partial charge on any atom is 0.264 e. The Kier molecular flexibility index (Phi) is 4.82. The van der Waals surface area contributed by atoms with E-state index in [1.807, 2.05) is 25.1 Å². The van der Waals surface area contributed by atoms with Gasteiger partial charge in [0.15, 0.2) is 5.65 Å². The Bertz CT molecular complexity index is 987. The van der Waals surface area contributed by atoms with Crippen LogP contribution in [0.3, 0.4) is 0 Å². The number of anilines is 1. The number of nitrogen functional groups attached to an aromatic ring is 1. The second-order valence-electron chi connectivity index (χ2n) is 6.22. The molecule has 0 unspecified atom stereocenters. The topological polar surface area (TPSA) is 83.8 Å². The lowest BCUT2D eigenvalue weighted by atomic mass is 10.0. The van der Waals surface area contributed by atoms with Gasteiger partial charge in [0.1, 0.15) is 6.07 Å². The number of nitrogens with two attached hydrogens (primary N) is 1. The number of hydrogen-bond donors (Lipinski definition) is 1. The summed E-state index contributed by atoms with van der Waals surface area (Å²) in [5.74, 6) is 0. The summed E-state index contributed by atoms with van der Waals surface area (Å²) in [7, 11) is 3.85. The molecule has 0 fully saturated rings. The van der Waals surface area contributed by atoms with Crippen molar-refractivity contribution in [3.8, 4) is 17.3 Å². The van der Waals surface area contributed by atoms with E-state index in [-0.39, 0.29) is 11.1 Å². The molecule has 0 aliphatic rings. The van der Waals surface area contributed by atoms with Crippen LogP contribution < -0.4 is 5.73 Å². The fourth-order valence-corrected chi connectivity index (χ4v) is 2.67. The molecular weight excluding hydrogens is 338 g/mol. The Morgan fingerprint density at radius 2 is 2.08 bits per heavy atom. The van der Waals surface area contributed by atoms with Crippen molar-refractivity contribution >= 4 is 16.7 Å². The third-order valence-corrected chi connectivity index (χ3v) is 4.10. The number of nitrogens with zero attached hydrogens (tertiary/aromatic N) is 5. The third kappa shape index (κ3) is 3.34. The van der Waals surface area contributed by atoms with Crippen molar-refractivity contribution in [2.45, 2.75) is 13.0 Å². The van der Waals surface area contributed by atoms with Gasteiger partial charge in [-0.25, -0.2) is 18.4 Å². The van der Waals surface area contributed by atoms with Crippen molar-refractivity contribution in [1.29, 1.82) is 5.26 Å². The molecule has 6 nitrogen and oxygen atoms in total. The van der Waals surface area contributed by atoms with E-state index in [0.29, 0.717) is 41.1 Å². The van der Waals surface area contributed by atoms with Gasteiger partial charge in [-0.05, 0) is 32.3 Å². The first-order chi connectivity index (χ1) is 12.4. The van der Waals surface area contributed by atoms with Crippen LogP contribution in [-0.2, 0) is 6.54 Å². The lowest BCUT2D eigenvalue weighted by Gasteiger charge is -2.11. The number of halogens is 2. The molecule has 0 aliphatic heterocycles. The van der Waals surface area contributed by atoms with E-state index in [0.717, 1.165) is 0 Å². The van der Waals surface area contributed by atoms with E-state index in [4.69, 9.17) is 11.0 Å². The van der Waals surface area contributed by atoms with Gasteiger partial charge in [-0.1, -0.05) is 6.07 Å². The molecule has 2 N–H and O–H groups in total. The predicted molar refractivity (Wildman–Crippen MR) is 95.6 cm³/mol. The van der Waals surface area contributed by atoms with Crippen LogP contribution in [0.1, 0.15) is 17.6 Å². The maximum absolute atomic E-state index is 13.6. The van der Waals surface area contributed by atoms with Gasteiger partial charge in [0.05, 0.1) is 24.0 Å². The van der Waals surface area contributed by atoms with Crippen molar-refractivity contribution in [2.24, 2.45) is 0 Å². The van der Waals surface area contributed by atoms with E-state index in [2.05, 4.69) is 10.1 Å². The smallest absolute Gasteiger partial charge is 0.264 e. The first-order valence-electron chi connectivity index (χ1n) is 8.00. The zero-order valence-corrected chi connectivity index (χ0v) is 14.4. The van der Waals surface area contributed by atoms with Crippen molar-refractivity contribution < 1.29 is 8.78 Å². The van der Waals surface area contributed by atoms with Crippen LogP contribution in [0.5, 0.6) is 0 Å². The summed E-state index contributed by atoms with van der Waals surface area (Å²) >= 11 is 0. The number of alkyl halides is 2. The summed E-state index contributed by atoms with van der Waals surface area (Å²) in [6.45, 7) is 1.23. The number of pyridine rings is 1. The van der Waals surface area contributed by atoms with Crippen LogP contribution in [0.25, 0.3) is 22.3 Å². The lowest BCUT2D eigenvalue weighted by Crippen LogP contribution is -2.19. The van der Waals surface area contributed by atoms with E-state index in [1.165, 1.54) is 12.3 Å². The number of nitriles is 1. The predicted octanol–water partition coefficient (Wildman–Crippen LogP) is 3.05. The molecule has 0 saturated heterocycles. The number of fused-ring (bicyclic) bond motifs is 1. The lowest BCUT2D eigenvalue weighted by molar-refractivity contribution is 0.153. The number of hydrogen-bond acceptors (Lipinski definition) is 5. The fraction of sp³-hybridized carbons (Fsp3) is 0.278. The van der Waals surface area contributed by atoms with Gasteiger partial charge >= 0.3 is 0 Å². The molecule has 26 heavy (non-hydrogen) atoms. The van der Waals surface area contributed by atoms with E-state index in [9.17, 15) is 8.78 Å². The average molecular weight is 356 g/mol. The summed E-state index contributed by atoms with van der Waals surface area (Å²) < 4.78 is 28.8. The molecule has 0 atom stereocenters. The van der Waals surface area contributed by atoms with Crippen molar-refractivity contribution in [3.63, 3.8) is 0 Å². The van der Waals surface area contributed by atoms with E-state index < -0.39 is 6.43 Å². The summed E-state index contributed by atoms with van der Waals surface area (Å²) in [6.07, 6.45) is -1.23. The molecule has 0 aliphatic carbocycles. The molecule has 0 amide bonds. The Labute approximate surface area is 149 Å². The van der Waals surface area contributed by atoms with Crippen molar-refractivity contribution in [3.05, 3.63) is 41.6 Å². The SMILES string of the molecule is CN(C)CCn1ncc2c(C(F)F)cc(-c3ccc(N)c(C#N)c3)nc21. The molecule has 3 rings (SSSR count). The van der Waals surface area contributed by atoms with Crippen LogP contribution in [0, 0.1) is 11.3 Å². The molecule has 3 aromatic rings. The fourth-order valence-electron chi connectivity index (χ4n) is 2.67. The maximum atomic E-state index is 13.6. The van der Waals surface area contributed by atoms with Gasteiger partial charge in [-0.2, -0.15) is 10.4 Å². The molecule has 0 radical (unpaired) electrons. The molecule has 1 aromatic carbocycles. The van der Waals surface area contributed by atoms with Gasteiger partial charge in [-0.15, -0.1) is 0 Å². The number of likely N-dealkylation sites (N-methyl/N-ethyl adjacent to an activating group) is 1. The molecule has 0 bridgehead atoms. The van der Waals surface area contributed by atoms with Crippen LogP contribution in [-0.4, -0.2) is 40.3 Å². The largest absolute Gasteiger partial charge is 0.398 e. The second kappa shape index (κ2) is 7.06. The number of aromatic nitrogens is 3. The minimum atomic E-state index is -2.66. The van der Waals surface area contributed by atoms with Crippen LogP contribution in [0.2, 0.25) is 0 Å². The molecular formula is C18H18F2N6. The van der Waals surface area contributed by atoms with Gasteiger partial charge < -0.3 is 10.6 Å². The van der Waals surface area contributed by atoms with Crippen molar-refractivity contribution in [1.82, 2.24) is 19.7 Å². The van der Waals surface area contributed by atoms with Crippen LogP contribution >= 0.6 is 0 Å². The summed E-state index contributed by atoms with van der Waals surface area (Å²) in [4.78, 5) is 6.51. The zero-order chi connectivity index (χ0) is 18.8. The molecule has 0 saturated carbocycles. The molecule has 8 heteroatoms. The highest BCUT2D eigenvalue weighted by molar-refractivity contribution is 5.83. The Morgan fingerprint density at radius 1 is 1.31 bits per heavy atom. The van der Waals surface area contributed by atoms with Crippen LogP contribution in [0.4, 0.5) is 14.5 Å². The highest BCUT2D eigenvalue weighted by Crippen LogP contribution is 2.32. The zero-order valence-electron chi connectivity index (χ0n) is 14.4. The number of rotatable bonds is 5. The second-order valence-corrected chi connectivity index (χ2v) is 6.22. The monoisotopic (exact) mass is 356 g/mol. The van der Waals surface area contributed by atoms with E-state index in [1.54, 1.807) is 22.9 Å². The molecule has 2 heterocycles. The quantitative estimate of drug-likeness (QED) is 0.711. The van der Waals surface area contributed by atoms with E-state index >= 15 is 0 Å². The van der Waals surface area contributed by atoms with Gasteiger partial charge in [0, 0.05) is 28.7 Å².